The summed E-state index contributed by atoms with van der Waals surface area (Å²) in [7, 11) is 1.86. The molecule has 1 N–H and O–H groups in total. The van der Waals surface area contributed by atoms with Crippen LogP contribution in [0.5, 0.6) is 0 Å². The largest absolute Gasteiger partial charge is 0.481 e. The van der Waals surface area contributed by atoms with E-state index in [1.165, 1.54) is 17.0 Å². The van der Waals surface area contributed by atoms with Crippen LogP contribution in [0, 0.1) is 11.7 Å². The number of nitrogens with zero attached hydrogens (tertiary/aromatic N) is 3. The predicted octanol–water partition coefficient (Wildman–Crippen LogP) is 5.62. The van der Waals surface area contributed by atoms with Gasteiger partial charge >= 0.3 is 11.9 Å². The average Bonchev–Trinajstić information content (AvgIpc) is 3.68. The summed E-state index contributed by atoms with van der Waals surface area (Å²) < 4.78 is 44.3. The van der Waals surface area contributed by atoms with Crippen LogP contribution in [0.2, 0.25) is 0 Å². The lowest BCUT2D eigenvalue weighted by molar-refractivity contribution is -0.252. The van der Waals surface area contributed by atoms with E-state index < -0.39 is 29.8 Å². The number of oxazole rings is 1. The number of carbonyl (C=O) groups excluding carboxylic acids is 1. The normalized spacial score (nSPS) is 21.7. The van der Waals surface area contributed by atoms with E-state index in [-0.39, 0.29) is 12.2 Å². The average molecular weight is 552 g/mol. The highest BCUT2D eigenvalue weighted by atomic mass is 19.2. The zero-order valence-electron chi connectivity index (χ0n) is 22.2. The van der Waals surface area contributed by atoms with Crippen molar-refractivity contribution in [3.63, 3.8) is 0 Å². The quantitative estimate of drug-likeness (QED) is 0.284. The number of rotatable bonds is 8. The fourth-order valence-corrected chi connectivity index (χ4v) is 5.99. The molecule has 4 aromatic rings. The molecule has 8 nitrogen and oxygen atoms in total. The van der Waals surface area contributed by atoms with Crippen LogP contribution in [0.4, 0.5) is 8.78 Å². The summed E-state index contributed by atoms with van der Waals surface area (Å²) in [6, 6.07) is 9.66. The minimum atomic E-state index is -2.58. The van der Waals surface area contributed by atoms with Crippen molar-refractivity contribution in [3.05, 3.63) is 54.0 Å². The Balaban J connectivity index is 1.24. The number of hydrogen-bond donors (Lipinski definition) is 1. The molecule has 1 saturated heterocycles. The maximum Gasteiger partial charge on any atom is 0.330 e. The highest BCUT2D eigenvalue weighted by molar-refractivity contribution is 5.95. The van der Waals surface area contributed by atoms with Crippen LogP contribution in [-0.4, -0.2) is 56.5 Å². The van der Waals surface area contributed by atoms with Crippen molar-refractivity contribution in [2.24, 2.45) is 13.0 Å². The highest BCUT2D eigenvalue weighted by Gasteiger charge is 2.48. The van der Waals surface area contributed by atoms with E-state index in [0.717, 1.165) is 18.4 Å². The molecule has 210 valence electrons. The number of alkyl halides is 1. The van der Waals surface area contributed by atoms with E-state index in [1.807, 2.05) is 17.8 Å². The second kappa shape index (κ2) is 10.4. The Hall–Kier alpha value is -3.63. The van der Waals surface area contributed by atoms with Crippen LogP contribution in [0.3, 0.4) is 0 Å². The summed E-state index contributed by atoms with van der Waals surface area (Å²) in [5.41, 5.74) is 3.05. The minimum absolute atomic E-state index is 0.205. The SMILES string of the molecule is Cn1cc(-c2nc3ccc(CC(=O)C(F)(O[C@H]4CC[C@H](C(=O)O)CC4)N4CCCC4)cc3o2)c2cc(F)ccc21. The summed E-state index contributed by atoms with van der Waals surface area (Å²) in [6.45, 7) is 0.839. The Labute approximate surface area is 229 Å². The molecule has 0 radical (unpaired) electrons. The summed E-state index contributed by atoms with van der Waals surface area (Å²) in [5, 5.41) is 9.95. The van der Waals surface area contributed by atoms with Gasteiger partial charge in [0.15, 0.2) is 5.58 Å². The molecule has 2 aliphatic rings. The summed E-state index contributed by atoms with van der Waals surface area (Å²) >= 11 is 0. The van der Waals surface area contributed by atoms with E-state index in [1.54, 1.807) is 24.3 Å². The first-order valence-corrected chi connectivity index (χ1v) is 13.7. The van der Waals surface area contributed by atoms with Crippen LogP contribution in [-0.2, 0) is 27.8 Å². The molecular weight excluding hydrogens is 520 g/mol. The Kier molecular flexibility index (Phi) is 6.92. The smallest absolute Gasteiger partial charge is 0.330 e. The van der Waals surface area contributed by atoms with E-state index in [2.05, 4.69) is 4.98 Å². The maximum atomic E-state index is 16.5. The molecule has 6 rings (SSSR count). The number of hydrogen-bond acceptors (Lipinski definition) is 6. The zero-order chi connectivity index (χ0) is 28.0. The molecule has 3 heterocycles. The number of halogens is 2. The maximum absolute atomic E-state index is 16.5. The molecule has 1 saturated carbocycles. The molecule has 0 bridgehead atoms. The van der Waals surface area contributed by atoms with Crippen molar-refractivity contribution in [1.82, 2.24) is 14.5 Å². The third-order valence-electron chi connectivity index (χ3n) is 8.20. The van der Waals surface area contributed by atoms with Crippen LogP contribution < -0.4 is 0 Å². The van der Waals surface area contributed by atoms with Gasteiger partial charge in [0.25, 0.3) is 0 Å². The number of carbonyl (C=O) groups is 2. The van der Waals surface area contributed by atoms with Gasteiger partial charge in [-0.1, -0.05) is 6.07 Å². The fraction of sp³-hybridized carbons (Fsp3) is 0.433. The van der Waals surface area contributed by atoms with Crippen LogP contribution in [0.15, 0.2) is 47.0 Å². The number of aromatic nitrogens is 2. The van der Waals surface area contributed by atoms with E-state index in [9.17, 15) is 19.1 Å². The number of benzene rings is 2. The Morgan fingerprint density at radius 2 is 1.88 bits per heavy atom. The zero-order valence-corrected chi connectivity index (χ0v) is 22.2. The Morgan fingerprint density at radius 1 is 1.12 bits per heavy atom. The molecule has 0 amide bonds. The van der Waals surface area contributed by atoms with Gasteiger partial charge in [-0.25, -0.2) is 14.3 Å². The van der Waals surface area contributed by atoms with Crippen molar-refractivity contribution in [2.75, 3.05) is 13.1 Å². The molecule has 1 atom stereocenters. The number of fused-ring (bicyclic) bond motifs is 2. The monoisotopic (exact) mass is 551 g/mol. The van der Waals surface area contributed by atoms with Crippen LogP contribution >= 0.6 is 0 Å². The third kappa shape index (κ3) is 4.90. The molecule has 2 fully saturated rings. The van der Waals surface area contributed by atoms with Crippen molar-refractivity contribution in [2.45, 2.75) is 57.0 Å². The molecule has 2 aromatic carbocycles. The number of aliphatic carboxylic acids is 1. The lowest BCUT2D eigenvalue weighted by Crippen LogP contribution is -2.54. The third-order valence-corrected chi connectivity index (χ3v) is 8.20. The van der Waals surface area contributed by atoms with Crippen molar-refractivity contribution in [1.29, 1.82) is 0 Å². The Morgan fingerprint density at radius 3 is 2.60 bits per heavy atom. The number of Topliss-reactive ketones (excluding diaryl/α,β-unsaturated/α-hetero) is 1. The summed E-state index contributed by atoms with van der Waals surface area (Å²) in [5.74, 6) is -4.61. The predicted molar refractivity (Wildman–Crippen MR) is 144 cm³/mol. The summed E-state index contributed by atoms with van der Waals surface area (Å²) in [4.78, 5) is 30.8. The molecule has 10 heteroatoms. The lowest BCUT2D eigenvalue weighted by atomic mass is 9.87. The first-order valence-electron chi connectivity index (χ1n) is 13.7. The molecule has 2 aromatic heterocycles. The van der Waals surface area contributed by atoms with Crippen molar-refractivity contribution in [3.8, 4) is 11.5 Å². The first kappa shape index (κ1) is 26.6. The molecule has 0 spiro atoms. The number of carboxylic acids is 1. The van der Waals surface area contributed by atoms with Gasteiger partial charge in [0.1, 0.15) is 11.3 Å². The van der Waals surface area contributed by atoms with E-state index >= 15 is 4.39 Å². The lowest BCUT2D eigenvalue weighted by Gasteiger charge is -2.37. The van der Waals surface area contributed by atoms with Crippen LogP contribution in [0.25, 0.3) is 33.5 Å². The van der Waals surface area contributed by atoms with Gasteiger partial charge < -0.3 is 18.8 Å². The van der Waals surface area contributed by atoms with E-state index in [0.29, 0.717) is 72.3 Å². The van der Waals surface area contributed by atoms with Gasteiger partial charge in [0.2, 0.25) is 11.7 Å². The van der Waals surface area contributed by atoms with Crippen LogP contribution in [0.1, 0.15) is 44.1 Å². The standard InChI is InChI=1S/C30H31F2N3O5/c1-34-17-23(22-16-20(31)7-11-25(22)34)28-33-24-10-4-18(14-26(24)39-28)15-27(36)30(32,35-12-2-3-13-35)40-21-8-5-19(6-9-21)29(37)38/h4,7,10-11,14,16-17,19,21H,2-3,5-6,8-9,12-13,15H2,1H3,(H,37,38)/t19-,21-,30?. The van der Waals surface area contributed by atoms with Gasteiger partial charge in [-0.15, -0.1) is 0 Å². The molecule has 1 aliphatic heterocycles. The number of ketones is 1. The van der Waals surface area contributed by atoms with E-state index in [4.69, 9.17) is 9.15 Å². The number of carboxylic acid groups (broad SMARTS) is 1. The summed E-state index contributed by atoms with van der Waals surface area (Å²) in [6.07, 6.45) is 4.25. The van der Waals surface area contributed by atoms with Gasteiger partial charge in [-0.05, 0) is 74.4 Å². The van der Waals surface area contributed by atoms with Gasteiger partial charge in [0.05, 0.1) is 17.6 Å². The number of likely N-dealkylation sites (tertiary alicyclic amines) is 1. The minimum Gasteiger partial charge on any atom is -0.481 e. The second-order valence-corrected chi connectivity index (χ2v) is 10.9. The molecular formula is C30H31F2N3O5. The fourth-order valence-electron chi connectivity index (χ4n) is 5.99. The van der Waals surface area contributed by atoms with Gasteiger partial charge in [-0.3, -0.25) is 9.59 Å². The topological polar surface area (TPSA) is 97.8 Å². The first-order chi connectivity index (χ1) is 19.2. The van der Waals surface area contributed by atoms with Crippen molar-refractivity contribution < 1.29 is 32.6 Å². The van der Waals surface area contributed by atoms with Gasteiger partial charge in [-0.2, -0.15) is 4.39 Å². The second-order valence-electron chi connectivity index (χ2n) is 10.9. The molecule has 40 heavy (non-hydrogen) atoms. The van der Waals surface area contributed by atoms with Gasteiger partial charge in [0, 0.05) is 43.7 Å². The molecule has 1 unspecified atom stereocenters. The number of ether oxygens (including phenoxy) is 1. The highest BCUT2D eigenvalue weighted by Crippen LogP contribution is 2.36. The number of aryl methyl sites for hydroxylation is 1. The Bertz CT molecular complexity index is 1580. The van der Waals surface area contributed by atoms with Crippen molar-refractivity contribution >= 4 is 33.8 Å². The molecule has 1 aliphatic carbocycles.